The summed E-state index contributed by atoms with van der Waals surface area (Å²) in [5.41, 5.74) is 0.416. The van der Waals surface area contributed by atoms with Gasteiger partial charge in [0.2, 0.25) is 5.82 Å². The number of alkyl halides is 1. The van der Waals surface area contributed by atoms with E-state index in [1.54, 1.807) is 6.07 Å². The fourth-order valence-electron chi connectivity index (χ4n) is 2.40. The molecule has 0 aromatic carbocycles. The largest absolute Gasteiger partial charge is 0.467 e. The number of halogens is 1. The van der Waals surface area contributed by atoms with E-state index in [2.05, 4.69) is 31.6 Å². The molecule has 2 aromatic heterocycles. The average Bonchev–Trinajstić information content (AvgIpc) is 3.23. The summed E-state index contributed by atoms with van der Waals surface area (Å²) in [6, 6.07) is 4.43. The van der Waals surface area contributed by atoms with E-state index in [4.69, 9.17) is 4.74 Å². The van der Waals surface area contributed by atoms with Crippen molar-refractivity contribution in [2.24, 2.45) is 0 Å². The number of ketones is 1. The van der Waals surface area contributed by atoms with E-state index in [1.165, 1.54) is 24.9 Å². The van der Waals surface area contributed by atoms with Crippen molar-refractivity contribution in [1.29, 1.82) is 0 Å². The Balaban J connectivity index is 0.00000204. The molecule has 0 saturated heterocycles. The Kier molecular flexibility index (Phi) is 10.3. The number of pyridine rings is 1. The van der Waals surface area contributed by atoms with Crippen molar-refractivity contribution in [2.45, 2.75) is 32.2 Å². The quantitative estimate of drug-likeness (QED) is 0.464. The van der Waals surface area contributed by atoms with Gasteiger partial charge >= 0.3 is 0 Å². The number of amides is 1. The second-order valence-electron chi connectivity index (χ2n) is 7.18. The number of rotatable bonds is 10. The minimum Gasteiger partial charge on any atom is -0.467 e. The van der Waals surface area contributed by atoms with Gasteiger partial charge in [-0.3, -0.25) is 14.1 Å². The van der Waals surface area contributed by atoms with E-state index in [-0.39, 0.29) is 24.2 Å². The van der Waals surface area contributed by atoms with Crippen LogP contribution in [0.4, 0.5) is 5.82 Å². The lowest BCUT2D eigenvalue weighted by Crippen LogP contribution is -2.43. The van der Waals surface area contributed by atoms with Gasteiger partial charge in [0, 0.05) is 24.7 Å². The molecular weight excluding hydrogens is 396 g/mol. The summed E-state index contributed by atoms with van der Waals surface area (Å²) >= 11 is 4.64. The maximum atomic E-state index is 12.5. The molecule has 1 unspecified atom stereocenters. The standard InChI is InChI=1S/C19H26N4O4.CH3Cl/c1-5-6-7-15(16(24)13-26-18-10-11-27-22-18)21-19(25)14-8-9-17(20-12-14)23(2,3)4;1-2/h8-12,15H,5-7,13H2,1-4H3;1H3/p+1. The van der Waals surface area contributed by atoms with Crippen molar-refractivity contribution >= 4 is 29.1 Å². The SMILES string of the molecule is CCCCC(NC(=O)c1ccc([N+](C)(C)C)nc1)C(=O)COc1ccon1.CCl. The lowest BCUT2D eigenvalue weighted by Gasteiger charge is -2.22. The van der Waals surface area contributed by atoms with Gasteiger partial charge in [-0.25, -0.2) is 4.98 Å². The zero-order valence-electron chi connectivity index (χ0n) is 17.6. The first-order valence-corrected chi connectivity index (χ1v) is 10.1. The lowest BCUT2D eigenvalue weighted by molar-refractivity contribution is -0.123. The molecule has 0 aliphatic rings. The number of carbonyl (C=O) groups excluding carboxylic acids is 2. The number of Topliss-reactive ketones (excluding diaryl/α,β-unsaturated/α-hetero) is 1. The Morgan fingerprint density at radius 3 is 2.48 bits per heavy atom. The van der Waals surface area contributed by atoms with E-state index in [1.807, 2.05) is 34.1 Å². The van der Waals surface area contributed by atoms with E-state index >= 15 is 0 Å². The summed E-state index contributed by atoms with van der Waals surface area (Å²) in [7, 11) is 5.99. The predicted molar refractivity (Wildman–Crippen MR) is 113 cm³/mol. The molecule has 8 nitrogen and oxygen atoms in total. The summed E-state index contributed by atoms with van der Waals surface area (Å²) in [5.74, 6) is 0.539. The van der Waals surface area contributed by atoms with Crippen LogP contribution >= 0.6 is 11.6 Å². The minimum atomic E-state index is -0.623. The monoisotopic (exact) mass is 425 g/mol. The number of ether oxygens (including phenoxy) is 1. The van der Waals surface area contributed by atoms with Gasteiger partial charge < -0.3 is 14.6 Å². The molecule has 2 rings (SSSR count). The van der Waals surface area contributed by atoms with Crippen LogP contribution < -0.4 is 14.5 Å². The molecule has 1 amide bonds. The Morgan fingerprint density at radius 1 is 1.24 bits per heavy atom. The predicted octanol–water partition coefficient (Wildman–Crippen LogP) is 3.06. The average molecular weight is 426 g/mol. The molecule has 1 N–H and O–H groups in total. The van der Waals surface area contributed by atoms with Crippen LogP contribution in [0.5, 0.6) is 5.88 Å². The van der Waals surface area contributed by atoms with Crippen molar-refractivity contribution in [3.63, 3.8) is 0 Å². The summed E-state index contributed by atoms with van der Waals surface area (Å²) in [6.07, 6.45) is 6.65. The Hall–Kier alpha value is -2.45. The zero-order valence-corrected chi connectivity index (χ0v) is 18.4. The third kappa shape index (κ3) is 8.21. The Bertz CT molecular complexity index is 743. The number of nitrogens with one attached hydrogen (secondary N) is 1. The smallest absolute Gasteiger partial charge is 0.254 e. The van der Waals surface area contributed by atoms with Gasteiger partial charge in [0.05, 0.1) is 32.7 Å². The second kappa shape index (κ2) is 12.2. The van der Waals surface area contributed by atoms with Crippen LogP contribution in [-0.2, 0) is 4.79 Å². The lowest BCUT2D eigenvalue weighted by atomic mass is 10.1. The molecule has 2 aromatic rings. The highest BCUT2D eigenvalue weighted by Gasteiger charge is 2.22. The first kappa shape index (κ1) is 24.6. The van der Waals surface area contributed by atoms with Gasteiger partial charge in [-0.2, -0.15) is 0 Å². The highest BCUT2D eigenvalue weighted by atomic mass is 35.5. The highest BCUT2D eigenvalue weighted by molar-refractivity contribution is 6.15. The maximum absolute atomic E-state index is 12.5. The van der Waals surface area contributed by atoms with Gasteiger partial charge in [0.25, 0.3) is 11.8 Å². The minimum absolute atomic E-state index is 0.181. The molecule has 0 fully saturated rings. The molecule has 29 heavy (non-hydrogen) atoms. The van der Waals surface area contributed by atoms with Crippen LogP contribution in [0.3, 0.4) is 0 Å². The number of quaternary nitrogens is 1. The van der Waals surface area contributed by atoms with Gasteiger partial charge in [-0.05, 0) is 17.6 Å². The molecule has 2 heterocycles. The number of hydrogen-bond donors (Lipinski definition) is 1. The van der Waals surface area contributed by atoms with E-state index in [0.717, 1.165) is 18.7 Å². The van der Waals surface area contributed by atoms with Crippen LogP contribution in [0.25, 0.3) is 0 Å². The fourth-order valence-corrected chi connectivity index (χ4v) is 2.40. The summed E-state index contributed by atoms with van der Waals surface area (Å²) in [5, 5.41) is 6.40. The fraction of sp³-hybridized carbons (Fsp3) is 0.500. The first-order valence-electron chi connectivity index (χ1n) is 9.34. The van der Waals surface area contributed by atoms with Crippen LogP contribution in [0.15, 0.2) is 35.2 Å². The van der Waals surface area contributed by atoms with Crippen molar-refractivity contribution in [3.8, 4) is 5.88 Å². The van der Waals surface area contributed by atoms with Gasteiger partial charge in [0.15, 0.2) is 12.4 Å². The zero-order chi connectivity index (χ0) is 21.9. The third-order valence-corrected chi connectivity index (χ3v) is 4.01. The van der Waals surface area contributed by atoms with Crippen molar-refractivity contribution in [1.82, 2.24) is 19.9 Å². The number of hydrogen-bond acceptors (Lipinski definition) is 6. The third-order valence-electron chi connectivity index (χ3n) is 4.01. The Morgan fingerprint density at radius 2 is 1.97 bits per heavy atom. The Labute approximate surface area is 176 Å². The molecule has 0 aliphatic heterocycles. The number of carbonyl (C=O) groups is 2. The molecule has 1 atom stereocenters. The number of unbranched alkanes of at least 4 members (excludes halogenated alkanes) is 1. The molecule has 0 bridgehead atoms. The van der Waals surface area contributed by atoms with Crippen LogP contribution in [0.1, 0.15) is 36.5 Å². The number of aromatic nitrogens is 2. The van der Waals surface area contributed by atoms with Crippen LogP contribution in [-0.4, -0.2) is 62.0 Å². The van der Waals surface area contributed by atoms with E-state index < -0.39 is 6.04 Å². The van der Waals surface area contributed by atoms with E-state index in [9.17, 15) is 9.59 Å². The summed E-state index contributed by atoms with van der Waals surface area (Å²) in [6.45, 7) is 1.85. The van der Waals surface area contributed by atoms with Crippen LogP contribution in [0, 0.1) is 0 Å². The van der Waals surface area contributed by atoms with Gasteiger partial charge in [-0.15, -0.1) is 11.6 Å². The van der Waals surface area contributed by atoms with Gasteiger partial charge in [-0.1, -0.05) is 19.8 Å². The van der Waals surface area contributed by atoms with Gasteiger partial charge in [0.1, 0.15) is 6.26 Å². The molecular formula is C20H30ClN4O4+. The molecule has 0 spiro atoms. The molecule has 0 saturated carbocycles. The first-order chi connectivity index (χ1) is 13.8. The van der Waals surface area contributed by atoms with Crippen molar-refractivity contribution in [2.75, 3.05) is 34.1 Å². The summed E-state index contributed by atoms with van der Waals surface area (Å²) in [4.78, 5) is 29.4. The number of nitrogens with zero attached hydrogens (tertiary/aromatic N) is 3. The van der Waals surface area contributed by atoms with Crippen LogP contribution in [0.2, 0.25) is 0 Å². The second-order valence-corrected chi connectivity index (χ2v) is 7.18. The maximum Gasteiger partial charge on any atom is 0.254 e. The normalized spacial score (nSPS) is 11.8. The molecule has 0 aliphatic carbocycles. The van der Waals surface area contributed by atoms with Crippen molar-refractivity contribution in [3.05, 3.63) is 36.2 Å². The molecule has 9 heteroatoms. The van der Waals surface area contributed by atoms with E-state index in [0.29, 0.717) is 16.5 Å². The van der Waals surface area contributed by atoms with Crippen molar-refractivity contribution < 1.29 is 18.8 Å². The molecule has 160 valence electrons. The molecule has 0 radical (unpaired) electrons. The topological polar surface area (TPSA) is 94.3 Å². The summed E-state index contributed by atoms with van der Waals surface area (Å²) < 4.78 is 10.5. The highest BCUT2D eigenvalue weighted by Crippen LogP contribution is 2.14.